The second kappa shape index (κ2) is 6.86. The number of fused-ring (bicyclic) bond motifs is 1. The Morgan fingerprint density at radius 3 is 2.70 bits per heavy atom. The quantitative estimate of drug-likeness (QED) is 0.685. The van der Waals surface area contributed by atoms with Gasteiger partial charge >= 0.3 is 12.1 Å². The summed E-state index contributed by atoms with van der Waals surface area (Å²) in [7, 11) is 1.35. The van der Waals surface area contributed by atoms with Gasteiger partial charge in [-0.2, -0.15) is 0 Å². The Labute approximate surface area is 136 Å². The Kier molecular flexibility index (Phi) is 5.08. The molecule has 1 amide bonds. The summed E-state index contributed by atoms with van der Waals surface area (Å²) in [4.78, 5) is 23.0. The van der Waals surface area contributed by atoms with Crippen LogP contribution in [-0.4, -0.2) is 24.8 Å². The first-order valence-electron chi connectivity index (χ1n) is 7.67. The number of esters is 1. The minimum atomic E-state index is -0.506. The van der Waals surface area contributed by atoms with Crippen LogP contribution < -0.4 is 5.32 Å². The van der Waals surface area contributed by atoms with Crippen LogP contribution in [0.2, 0.25) is 0 Å². The van der Waals surface area contributed by atoms with Crippen molar-refractivity contribution in [1.82, 2.24) is 5.32 Å². The number of hydrogen-bond donors (Lipinski definition) is 1. The molecule has 1 unspecified atom stereocenters. The van der Waals surface area contributed by atoms with Crippen molar-refractivity contribution in [2.24, 2.45) is 0 Å². The molecule has 0 heterocycles. The van der Waals surface area contributed by atoms with Crippen molar-refractivity contribution >= 4 is 18.1 Å². The van der Waals surface area contributed by atoms with Gasteiger partial charge in [0.25, 0.3) is 0 Å². The van der Waals surface area contributed by atoms with Crippen molar-refractivity contribution in [2.75, 3.05) is 7.11 Å². The third-order valence-electron chi connectivity index (χ3n) is 3.55. The SMILES string of the molecule is COC(=O)C=Cc1ccc2c(c1)CCC2NC(=O)OC(C)(C)C. The number of carbonyl (C=O) groups excluding carboxylic acids is 2. The van der Waals surface area contributed by atoms with Gasteiger partial charge in [-0.3, -0.25) is 0 Å². The van der Waals surface area contributed by atoms with Gasteiger partial charge in [0, 0.05) is 6.08 Å². The normalized spacial score (nSPS) is 17.0. The molecule has 0 aliphatic heterocycles. The molecule has 0 saturated heterocycles. The fraction of sp³-hybridized carbons (Fsp3) is 0.444. The molecular formula is C18H23NO4. The Balaban J connectivity index is 2.05. The van der Waals surface area contributed by atoms with E-state index < -0.39 is 11.7 Å². The van der Waals surface area contributed by atoms with Gasteiger partial charge in [-0.1, -0.05) is 18.2 Å². The van der Waals surface area contributed by atoms with Crippen LogP contribution in [0.3, 0.4) is 0 Å². The molecule has 0 spiro atoms. The molecule has 5 nitrogen and oxygen atoms in total. The molecule has 1 aromatic carbocycles. The number of alkyl carbamates (subject to hydrolysis) is 1. The first-order chi connectivity index (χ1) is 10.8. The maximum atomic E-state index is 11.9. The molecule has 23 heavy (non-hydrogen) atoms. The fourth-order valence-electron chi connectivity index (χ4n) is 2.57. The van der Waals surface area contributed by atoms with Crippen LogP contribution in [-0.2, 0) is 20.7 Å². The number of rotatable bonds is 3. The van der Waals surface area contributed by atoms with Crippen molar-refractivity contribution < 1.29 is 19.1 Å². The lowest BCUT2D eigenvalue weighted by atomic mass is 10.0. The van der Waals surface area contributed by atoms with Crippen LogP contribution in [0.1, 0.15) is 49.9 Å². The number of ether oxygens (including phenoxy) is 2. The zero-order valence-electron chi connectivity index (χ0n) is 14.0. The smallest absolute Gasteiger partial charge is 0.408 e. The standard InChI is InChI=1S/C18H23NO4/c1-18(2,3)23-17(21)19-15-9-7-13-11-12(5-8-14(13)15)6-10-16(20)22-4/h5-6,8,10-11,15H,7,9H2,1-4H3,(H,19,21). The predicted molar refractivity (Wildman–Crippen MR) is 87.9 cm³/mol. The average molecular weight is 317 g/mol. The summed E-state index contributed by atoms with van der Waals surface area (Å²) in [6.45, 7) is 5.53. The maximum absolute atomic E-state index is 11.9. The first kappa shape index (κ1) is 17.1. The van der Waals surface area contributed by atoms with E-state index in [1.54, 1.807) is 6.08 Å². The van der Waals surface area contributed by atoms with Gasteiger partial charge in [0.15, 0.2) is 0 Å². The second-order valence-electron chi connectivity index (χ2n) is 6.55. The van der Waals surface area contributed by atoms with E-state index in [0.717, 1.165) is 24.0 Å². The number of nitrogens with one attached hydrogen (secondary N) is 1. The van der Waals surface area contributed by atoms with Gasteiger partial charge < -0.3 is 14.8 Å². The largest absolute Gasteiger partial charge is 0.466 e. The topological polar surface area (TPSA) is 64.6 Å². The number of aryl methyl sites for hydroxylation is 1. The monoisotopic (exact) mass is 317 g/mol. The van der Waals surface area contributed by atoms with E-state index in [1.165, 1.54) is 18.7 Å². The van der Waals surface area contributed by atoms with Crippen LogP contribution in [0, 0.1) is 0 Å². The number of hydrogen-bond acceptors (Lipinski definition) is 4. The summed E-state index contributed by atoms with van der Waals surface area (Å²) < 4.78 is 9.88. The molecule has 1 aliphatic carbocycles. The zero-order valence-corrected chi connectivity index (χ0v) is 14.0. The number of carbonyl (C=O) groups is 2. The van der Waals surface area contributed by atoms with Crippen LogP contribution in [0.15, 0.2) is 24.3 Å². The first-order valence-corrected chi connectivity index (χ1v) is 7.67. The molecule has 1 atom stereocenters. The van der Waals surface area contributed by atoms with E-state index in [-0.39, 0.29) is 12.0 Å². The highest BCUT2D eigenvalue weighted by atomic mass is 16.6. The number of amides is 1. The van der Waals surface area contributed by atoms with E-state index in [2.05, 4.69) is 10.1 Å². The van der Waals surface area contributed by atoms with Crippen LogP contribution >= 0.6 is 0 Å². The second-order valence-corrected chi connectivity index (χ2v) is 6.55. The van der Waals surface area contributed by atoms with Crippen molar-refractivity contribution in [3.8, 4) is 0 Å². The average Bonchev–Trinajstić information content (AvgIpc) is 2.85. The molecule has 0 aromatic heterocycles. The lowest BCUT2D eigenvalue weighted by Gasteiger charge is -2.22. The summed E-state index contributed by atoms with van der Waals surface area (Å²) in [5.41, 5.74) is 2.71. The van der Waals surface area contributed by atoms with E-state index in [1.807, 2.05) is 39.0 Å². The van der Waals surface area contributed by atoms with Crippen LogP contribution in [0.5, 0.6) is 0 Å². The van der Waals surface area contributed by atoms with Crippen LogP contribution in [0.25, 0.3) is 6.08 Å². The zero-order chi connectivity index (χ0) is 17.0. The highest BCUT2D eigenvalue weighted by Gasteiger charge is 2.26. The molecule has 2 rings (SSSR count). The summed E-state index contributed by atoms with van der Waals surface area (Å²) in [6.07, 6.45) is 4.45. The Hall–Kier alpha value is -2.30. The van der Waals surface area contributed by atoms with E-state index in [0.29, 0.717) is 0 Å². The third-order valence-corrected chi connectivity index (χ3v) is 3.55. The fourth-order valence-corrected chi connectivity index (χ4v) is 2.57. The molecule has 124 valence electrons. The van der Waals surface area contributed by atoms with Crippen LogP contribution in [0.4, 0.5) is 4.79 Å². The molecule has 1 N–H and O–H groups in total. The lowest BCUT2D eigenvalue weighted by molar-refractivity contribution is -0.134. The molecule has 0 saturated carbocycles. The molecule has 0 fully saturated rings. The van der Waals surface area contributed by atoms with Gasteiger partial charge in [0.05, 0.1) is 13.2 Å². The van der Waals surface area contributed by atoms with E-state index in [9.17, 15) is 9.59 Å². The van der Waals surface area contributed by atoms with Gasteiger partial charge in [-0.05, 0) is 56.4 Å². The van der Waals surface area contributed by atoms with Gasteiger partial charge in [-0.15, -0.1) is 0 Å². The van der Waals surface area contributed by atoms with E-state index in [4.69, 9.17) is 4.74 Å². The Bertz CT molecular complexity index is 628. The minimum Gasteiger partial charge on any atom is -0.466 e. The molecule has 0 radical (unpaired) electrons. The third kappa shape index (κ3) is 4.84. The molecule has 1 aliphatic rings. The van der Waals surface area contributed by atoms with Crippen molar-refractivity contribution in [3.05, 3.63) is 41.0 Å². The molecular weight excluding hydrogens is 294 g/mol. The Morgan fingerprint density at radius 2 is 2.04 bits per heavy atom. The van der Waals surface area contributed by atoms with Crippen molar-refractivity contribution in [2.45, 2.75) is 45.3 Å². The van der Waals surface area contributed by atoms with Crippen molar-refractivity contribution in [1.29, 1.82) is 0 Å². The molecule has 5 heteroatoms. The summed E-state index contributed by atoms with van der Waals surface area (Å²) in [5.74, 6) is -0.380. The number of methoxy groups -OCH3 is 1. The maximum Gasteiger partial charge on any atom is 0.408 e. The van der Waals surface area contributed by atoms with Crippen molar-refractivity contribution in [3.63, 3.8) is 0 Å². The lowest BCUT2D eigenvalue weighted by Crippen LogP contribution is -2.34. The summed E-state index contributed by atoms with van der Waals surface area (Å²) in [5, 5.41) is 2.92. The minimum absolute atomic E-state index is 0.0292. The van der Waals surface area contributed by atoms with E-state index >= 15 is 0 Å². The number of benzene rings is 1. The summed E-state index contributed by atoms with van der Waals surface area (Å²) in [6, 6.07) is 5.92. The summed E-state index contributed by atoms with van der Waals surface area (Å²) >= 11 is 0. The predicted octanol–water partition coefficient (Wildman–Crippen LogP) is 3.38. The molecule has 0 bridgehead atoms. The highest BCUT2D eigenvalue weighted by molar-refractivity contribution is 5.87. The Morgan fingerprint density at radius 1 is 1.30 bits per heavy atom. The van der Waals surface area contributed by atoms with Gasteiger partial charge in [0.1, 0.15) is 5.60 Å². The molecule has 1 aromatic rings. The van der Waals surface area contributed by atoms with Gasteiger partial charge in [-0.25, -0.2) is 9.59 Å². The highest BCUT2D eigenvalue weighted by Crippen LogP contribution is 2.32. The van der Waals surface area contributed by atoms with Gasteiger partial charge in [0.2, 0.25) is 0 Å².